The third kappa shape index (κ3) is 3.68. The Morgan fingerprint density at radius 2 is 2.17 bits per heavy atom. The van der Waals surface area contributed by atoms with Gasteiger partial charge in [-0.15, -0.1) is 5.10 Å². The molecule has 2 aromatic heterocycles. The van der Waals surface area contributed by atoms with Gasteiger partial charge in [-0.25, -0.2) is 9.89 Å². The van der Waals surface area contributed by atoms with Crippen LogP contribution >= 0.6 is 11.8 Å². The predicted octanol–water partition coefficient (Wildman–Crippen LogP) is 2.76. The minimum Gasteiger partial charge on any atom is -0.385 e. The summed E-state index contributed by atoms with van der Waals surface area (Å²) in [6.07, 6.45) is 0.779. The summed E-state index contributed by atoms with van der Waals surface area (Å²) in [6.45, 7) is 3.22. The number of benzene rings is 1. The molecule has 0 saturated heterocycles. The van der Waals surface area contributed by atoms with E-state index in [2.05, 4.69) is 27.3 Å². The summed E-state index contributed by atoms with van der Waals surface area (Å²) in [4.78, 5) is 16.5. The second kappa shape index (κ2) is 7.63. The minimum absolute atomic E-state index is 0.177. The Morgan fingerprint density at radius 1 is 1.33 bits per heavy atom. The smallest absolute Gasteiger partial charge is 0.343 e. The van der Waals surface area contributed by atoms with Crippen LogP contribution in [0.25, 0.3) is 10.9 Å². The quantitative estimate of drug-likeness (QED) is 0.527. The second-order valence-electron chi connectivity index (χ2n) is 5.54. The Balaban J connectivity index is 1.81. The minimum atomic E-state index is -0.177. The number of hydrogen-bond acceptors (Lipinski definition) is 5. The highest BCUT2D eigenvalue weighted by molar-refractivity contribution is 7.98. The standard InChI is InChI=1S/C17H20N4O2S/c1-12-10-13(14-6-3-4-7-15(14)18-12)11-24-17-20-19-16(22)21(17)8-5-9-23-2/h3-4,6-7,10H,5,8-9,11H2,1-2H3,(H,19,22). The van der Waals surface area contributed by atoms with Crippen molar-refractivity contribution < 1.29 is 4.74 Å². The highest BCUT2D eigenvalue weighted by Gasteiger charge is 2.11. The van der Waals surface area contributed by atoms with Crippen molar-refractivity contribution in [2.75, 3.05) is 13.7 Å². The first-order chi connectivity index (χ1) is 11.7. The van der Waals surface area contributed by atoms with Crippen LogP contribution in [-0.2, 0) is 17.0 Å². The molecule has 0 saturated carbocycles. The number of ether oxygens (including phenoxy) is 1. The van der Waals surface area contributed by atoms with Crippen LogP contribution in [0.3, 0.4) is 0 Å². The number of para-hydroxylation sites is 1. The molecule has 0 aliphatic carbocycles. The van der Waals surface area contributed by atoms with E-state index in [1.54, 1.807) is 23.4 Å². The molecule has 1 N–H and O–H groups in total. The maximum atomic E-state index is 11.9. The van der Waals surface area contributed by atoms with Crippen molar-refractivity contribution in [1.82, 2.24) is 19.7 Å². The molecule has 0 aliphatic rings. The van der Waals surface area contributed by atoms with Crippen LogP contribution in [0, 0.1) is 6.92 Å². The molecule has 126 valence electrons. The number of pyridine rings is 1. The average molecular weight is 344 g/mol. The predicted molar refractivity (Wildman–Crippen MR) is 95.4 cm³/mol. The van der Waals surface area contributed by atoms with E-state index in [-0.39, 0.29) is 5.69 Å². The van der Waals surface area contributed by atoms with Gasteiger partial charge in [0.2, 0.25) is 0 Å². The van der Waals surface area contributed by atoms with Crippen LogP contribution < -0.4 is 5.69 Å². The largest absolute Gasteiger partial charge is 0.385 e. The summed E-state index contributed by atoms with van der Waals surface area (Å²) in [7, 11) is 1.66. The fraction of sp³-hybridized carbons (Fsp3) is 0.353. The molecule has 6 nitrogen and oxygen atoms in total. The number of aromatic amines is 1. The molecule has 0 bridgehead atoms. The third-order valence-corrected chi connectivity index (χ3v) is 4.77. The molecule has 0 radical (unpaired) electrons. The topological polar surface area (TPSA) is 72.8 Å². The highest BCUT2D eigenvalue weighted by atomic mass is 32.2. The molecule has 0 unspecified atom stereocenters. The van der Waals surface area contributed by atoms with E-state index in [0.29, 0.717) is 18.3 Å². The van der Waals surface area contributed by atoms with Crippen LogP contribution in [0.4, 0.5) is 0 Å². The zero-order valence-corrected chi connectivity index (χ0v) is 14.6. The Bertz CT molecular complexity index is 888. The molecular formula is C17H20N4O2S. The zero-order valence-electron chi connectivity index (χ0n) is 13.8. The first kappa shape index (κ1) is 16.7. The fourth-order valence-corrected chi connectivity index (χ4v) is 3.60. The fourth-order valence-electron chi connectivity index (χ4n) is 2.63. The first-order valence-corrected chi connectivity index (χ1v) is 8.80. The van der Waals surface area contributed by atoms with Gasteiger partial charge < -0.3 is 4.74 Å². The number of aryl methyl sites for hydroxylation is 1. The average Bonchev–Trinajstić information content (AvgIpc) is 2.93. The highest BCUT2D eigenvalue weighted by Crippen LogP contribution is 2.25. The van der Waals surface area contributed by atoms with Crippen LogP contribution in [0.15, 0.2) is 40.3 Å². The van der Waals surface area contributed by atoms with Crippen LogP contribution in [0.1, 0.15) is 17.7 Å². The molecule has 1 aromatic carbocycles. The zero-order chi connectivity index (χ0) is 16.9. The van der Waals surface area contributed by atoms with Crippen molar-refractivity contribution in [2.45, 2.75) is 30.8 Å². The van der Waals surface area contributed by atoms with Crippen molar-refractivity contribution in [3.63, 3.8) is 0 Å². The summed E-state index contributed by atoms with van der Waals surface area (Å²) in [5, 5.41) is 8.52. The molecule has 7 heteroatoms. The number of aromatic nitrogens is 4. The van der Waals surface area contributed by atoms with E-state index in [4.69, 9.17) is 4.74 Å². The lowest BCUT2D eigenvalue weighted by atomic mass is 10.1. The van der Waals surface area contributed by atoms with Gasteiger partial charge in [-0.2, -0.15) is 0 Å². The molecule has 3 rings (SSSR count). The number of fused-ring (bicyclic) bond motifs is 1. The molecule has 0 amide bonds. The SMILES string of the molecule is COCCCn1c(SCc2cc(C)nc3ccccc23)n[nH]c1=O. The number of hydrogen-bond donors (Lipinski definition) is 1. The Kier molecular flexibility index (Phi) is 5.32. The molecule has 3 aromatic rings. The van der Waals surface area contributed by atoms with Crippen LogP contribution in [0.2, 0.25) is 0 Å². The molecule has 0 atom stereocenters. The second-order valence-corrected chi connectivity index (χ2v) is 6.48. The normalized spacial score (nSPS) is 11.2. The van der Waals surface area contributed by atoms with Crippen molar-refractivity contribution in [3.8, 4) is 0 Å². The number of rotatable bonds is 7. The van der Waals surface area contributed by atoms with E-state index in [1.165, 1.54) is 5.56 Å². The number of methoxy groups -OCH3 is 1. The lowest BCUT2D eigenvalue weighted by Crippen LogP contribution is -2.18. The lowest BCUT2D eigenvalue weighted by molar-refractivity contribution is 0.189. The van der Waals surface area contributed by atoms with Gasteiger partial charge in [0.05, 0.1) is 5.52 Å². The number of nitrogens with zero attached hydrogens (tertiary/aromatic N) is 3. The van der Waals surface area contributed by atoms with Gasteiger partial charge in [-0.3, -0.25) is 9.55 Å². The molecule has 24 heavy (non-hydrogen) atoms. The van der Waals surface area contributed by atoms with E-state index >= 15 is 0 Å². The third-order valence-electron chi connectivity index (χ3n) is 3.74. The van der Waals surface area contributed by atoms with E-state index in [9.17, 15) is 4.79 Å². The van der Waals surface area contributed by atoms with Gasteiger partial charge in [-0.1, -0.05) is 30.0 Å². The monoisotopic (exact) mass is 344 g/mol. The lowest BCUT2D eigenvalue weighted by Gasteiger charge is -2.08. The van der Waals surface area contributed by atoms with Crippen LogP contribution in [-0.4, -0.2) is 33.5 Å². The number of H-pyrrole nitrogens is 1. The van der Waals surface area contributed by atoms with Crippen molar-refractivity contribution >= 4 is 22.7 Å². The summed E-state index contributed by atoms with van der Waals surface area (Å²) >= 11 is 1.55. The van der Waals surface area contributed by atoms with Crippen LogP contribution in [0.5, 0.6) is 0 Å². The summed E-state index contributed by atoms with van der Waals surface area (Å²) in [5.74, 6) is 0.735. The number of nitrogens with one attached hydrogen (secondary N) is 1. The summed E-state index contributed by atoms with van der Waals surface area (Å²) in [6, 6.07) is 10.2. The van der Waals surface area contributed by atoms with Gasteiger partial charge >= 0.3 is 5.69 Å². The molecule has 0 spiro atoms. The van der Waals surface area contributed by atoms with Gasteiger partial charge in [0.1, 0.15) is 0 Å². The van der Waals surface area contributed by atoms with E-state index < -0.39 is 0 Å². The molecule has 0 aliphatic heterocycles. The van der Waals surface area contributed by atoms with Crippen molar-refractivity contribution in [2.24, 2.45) is 0 Å². The summed E-state index contributed by atoms with van der Waals surface area (Å²) < 4.78 is 6.72. The Labute approximate surface area is 144 Å². The number of thioether (sulfide) groups is 1. The maximum absolute atomic E-state index is 11.9. The van der Waals surface area contributed by atoms with E-state index in [1.807, 2.05) is 25.1 Å². The van der Waals surface area contributed by atoms with Gasteiger partial charge in [-0.05, 0) is 31.0 Å². The summed E-state index contributed by atoms with van der Waals surface area (Å²) in [5.41, 5.74) is 3.00. The molecular weight excluding hydrogens is 324 g/mol. The Hall–Kier alpha value is -2.12. The van der Waals surface area contributed by atoms with Crippen molar-refractivity contribution in [1.29, 1.82) is 0 Å². The van der Waals surface area contributed by atoms with Gasteiger partial charge in [0.15, 0.2) is 5.16 Å². The molecule has 0 fully saturated rings. The first-order valence-electron chi connectivity index (χ1n) is 7.81. The Morgan fingerprint density at radius 3 is 3.00 bits per heavy atom. The molecule has 2 heterocycles. The van der Waals surface area contributed by atoms with Crippen molar-refractivity contribution in [3.05, 3.63) is 52.1 Å². The maximum Gasteiger partial charge on any atom is 0.343 e. The van der Waals surface area contributed by atoms with E-state index in [0.717, 1.165) is 28.8 Å². The van der Waals surface area contributed by atoms with Gasteiger partial charge in [0, 0.05) is 37.1 Å². The van der Waals surface area contributed by atoms with Gasteiger partial charge in [0.25, 0.3) is 0 Å².